The molecule has 0 aromatic heterocycles. The maximum absolute atomic E-state index is 14.3. The van der Waals surface area contributed by atoms with Crippen molar-refractivity contribution in [3.63, 3.8) is 0 Å². The molecule has 8 nitrogen and oxygen atoms in total. The number of anilines is 1. The number of allylic oxidation sites excluding steroid dienone is 2. The van der Waals surface area contributed by atoms with E-state index in [0.717, 1.165) is 36.5 Å². The first-order valence-electron chi connectivity index (χ1n) is 14.2. The van der Waals surface area contributed by atoms with Crippen LogP contribution in [-0.2, 0) is 20.6 Å². The average molecular weight is 596 g/mol. The van der Waals surface area contributed by atoms with Gasteiger partial charge in [0.25, 0.3) is 0 Å². The van der Waals surface area contributed by atoms with E-state index in [1.807, 2.05) is 20.2 Å². The summed E-state index contributed by atoms with van der Waals surface area (Å²) in [5, 5.41) is 9.29. The maximum atomic E-state index is 14.3. The molecule has 0 bridgehead atoms. The van der Waals surface area contributed by atoms with E-state index >= 15 is 0 Å². The summed E-state index contributed by atoms with van der Waals surface area (Å²) in [7, 11) is 4.02. The maximum Gasteiger partial charge on any atom is 0.416 e. The van der Waals surface area contributed by atoms with Gasteiger partial charge < -0.3 is 9.80 Å². The van der Waals surface area contributed by atoms with Gasteiger partial charge in [-0.3, -0.25) is 24.2 Å². The first-order valence-corrected chi connectivity index (χ1v) is 14.2. The molecule has 4 rings (SSSR count). The number of benzene rings is 2. The van der Waals surface area contributed by atoms with E-state index in [2.05, 4.69) is 9.80 Å². The van der Waals surface area contributed by atoms with Crippen LogP contribution in [-0.4, -0.2) is 85.7 Å². The Morgan fingerprint density at radius 3 is 2.26 bits per heavy atom. The van der Waals surface area contributed by atoms with Crippen molar-refractivity contribution in [3.8, 4) is 6.07 Å². The van der Waals surface area contributed by atoms with E-state index in [1.165, 1.54) is 26.0 Å². The van der Waals surface area contributed by atoms with Gasteiger partial charge in [-0.15, -0.1) is 0 Å². The molecule has 228 valence electrons. The number of hydrogen-bond donors (Lipinski definition) is 0. The Kier molecular flexibility index (Phi) is 9.72. The van der Waals surface area contributed by atoms with Crippen molar-refractivity contribution in [1.29, 1.82) is 5.26 Å². The minimum absolute atomic E-state index is 0.0714. The number of alkyl halides is 3. The highest BCUT2D eigenvalue weighted by Gasteiger charge is 2.49. The Balaban J connectivity index is 1.76. The lowest BCUT2D eigenvalue weighted by Gasteiger charge is -2.42. The van der Waals surface area contributed by atoms with Crippen LogP contribution >= 0.6 is 0 Å². The van der Waals surface area contributed by atoms with Crippen LogP contribution in [0.5, 0.6) is 0 Å². The molecular formula is C32H36F3N5O3. The summed E-state index contributed by atoms with van der Waals surface area (Å²) in [4.78, 5) is 48.8. The predicted octanol–water partition coefficient (Wildman–Crippen LogP) is 4.28. The zero-order chi connectivity index (χ0) is 31.5. The summed E-state index contributed by atoms with van der Waals surface area (Å²) in [6, 6.07) is 12.7. The lowest BCUT2D eigenvalue weighted by atomic mass is 9.73. The molecule has 2 aromatic rings. The number of hydrogen-bond acceptors (Lipinski definition) is 6. The number of nitriles is 1. The molecule has 2 amide bonds. The molecule has 2 heterocycles. The third-order valence-corrected chi connectivity index (χ3v) is 8.10. The second kappa shape index (κ2) is 13.1. The third kappa shape index (κ3) is 6.98. The van der Waals surface area contributed by atoms with E-state index < -0.39 is 41.2 Å². The number of Topliss-reactive ketones (excluding diaryl/α,β-unsaturated/α-hetero) is 1. The standard InChI is InChI=1S/C32H36F3N5O3/c1-21-27(22(2)41)28(24-11-9-23(20-36)10-12-24)29(30(42)39-17-15-38(16-18-39)14-6-13-37(3)4)31(43)40(21)26-8-5-7-25(19-26)32(33,34)35/h5,7-12,19,28-29H,6,13-18H2,1-4H3. The van der Waals surface area contributed by atoms with E-state index in [-0.39, 0.29) is 17.0 Å². The molecule has 43 heavy (non-hydrogen) atoms. The Morgan fingerprint density at radius 1 is 1.05 bits per heavy atom. The number of amides is 2. The van der Waals surface area contributed by atoms with Crippen molar-refractivity contribution in [2.45, 2.75) is 32.4 Å². The zero-order valence-corrected chi connectivity index (χ0v) is 24.8. The number of piperazine rings is 1. The van der Waals surface area contributed by atoms with Crippen molar-refractivity contribution in [2.24, 2.45) is 5.92 Å². The number of halogens is 3. The van der Waals surface area contributed by atoms with Crippen molar-refractivity contribution < 1.29 is 27.6 Å². The van der Waals surface area contributed by atoms with Gasteiger partial charge in [0, 0.05) is 49.1 Å². The van der Waals surface area contributed by atoms with E-state index in [9.17, 15) is 32.8 Å². The van der Waals surface area contributed by atoms with Gasteiger partial charge >= 0.3 is 6.18 Å². The topological polar surface area (TPSA) is 88.0 Å². The number of carbonyl (C=O) groups is 3. The summed E-state index contributed by atoms with van der Waals surface area (Å²) in [6.07, 6.45) is -3.68. The Hall–Kier alpha value is -4.01. The van der Waals surface area contributed by atoms with Crippen molar-refractivity contribution >= 4 is 23.3 Å². The van der Waals surface area contributed by atoms with Crippen LogP contribution in [0.25, 0.3) is 0 Å². The molecule has 2 unspecified atom stereocenters. The zero-order valence-electron chi connectivity index (χ0n) is 24.8. The monoisotopic (exact) mass is 595 g/mol. The fourth-order valence-corrected chi connectivity index (χ4v) is 5.95. The average Bonchev–Trinajstić information content (AvgIpc) is 2.96. The molecule has 0 radical (unpaired) electrons. The van der Waals surface area contributed by atoms with E-state index in [0.29, 0.717) is 37.3 Å². The predicted molar refractivity (Wildman–Crippen MR) is 156 cm³/mol. The number of nitrogens with zero attached hydrogens (tertiary/aromatic N) is 5. The second-order valence-corrected chi connectivity index (χ2v) is 11.3. The molecule has 11 heteroatoms. The second-order valence-electron chi connectivity index (χ2n) is 11.3. The molecule has 1 fully saturated rings. The normalized spacial score (nSPS) is 20.0. The highest BCUT2D eigenvalue weighted by molar-refractivity contribution is 6.15. The molecule has 2 aromatic carbocycles. The van der Waals surface area contributed by atoms with Gasteiger partial charge in [0.2, 0.25) is 11.8 Å². The van der Waals surface area contributed by atoms with Gasteiger partial charge in [-0.1, -0.05) is 18.2 Å². The molecule has 0 spiro atoms. The van der Waals surface area contributed by atoms with Crippen molar-refractivity contribution in [3.05, 3.63) is 76.5 Å². The van der Waals surface area contributed by atoms with E-state index in [1.54, 1.807) is 29.2 Å². The molecule has 2 aliphatic heterocycles. The minimum atomic E-state index is -4.65. The SMILES string of the molecule is CC(=O)C1=C(C)N(c2cccc(C(F)(F)F)c2)C(=O)C(C(=O)N2CCN(CCCN(C)C)CC2)C1c1ccc(C#N)cc1. The highest BCUT2D eigenvalue weighted by Crippen LogP contribution is 2.44. The molecule has 2 atom stereocenters. The Bertz CT molecular complexity index is 1440. The summed E-state index contributed by atoms with van der Waals surface area (Å²) in [5.41, 5.74) is 0.190. The number of ketones is 1. The van der Waals surface area contributed by atoms with E-state index in [4.69, 9.17) is 0 Å². The fraction of sp³-hybridized carbons (Fsp3) is 0.438. The highest BCUT2D eigenvalue weighted by atomic mass is 19.4. The minimum Gasteiger partial charge on any atom is -0.339 e. The molecule has 2 aliphatic rings. The number of carbonyl (C=O) groups excluding carboxylic acids is 3. The third-order valence-electron chi connectivity index (χ3n) is 8.10. The van der Waals surface area contributed by atoms with Crippen LogP contribution in [0.1, 0.15) is 42.9 Å². The fourth-order valence-electron chi connectivity index (χ4n) is 5.95. The molecule has 1 saturated heterocycles. The largest absolute Gasteiger partial charge is 0.416 e. The molecular weight excluding hydrogens is 559 g/mol. The quantitative estimate of drug-likeness (QED) is 0.424. The summed E-state index contributed by atoms with van der Waals surface area (Å²) >= 11 is 0. The summed E-state index contributed by atoms with van der Waals surface area (Å²) in [5.74, 6) is -3.93. The molecule has 0 saturated carbocycles. The van der Waals surface area contributed by atoms with Crippen LogP contribution in [0.3, 0.4) is 0 Å². The molecule has 0 N–H and O–H groups in total. The van der Waals surface area contributed by atoms with Crippen LogP contribution in [0, 0.1) is 17.2 Å². The number of rotatable bonds is 8. The van der Waals surface area contributed by atoms with Gasteiger partial charge in [0.05, 0.1) is 17.2 Å². The van der Waals surface area contributed by atoms with Crippen molar-refractivity contribution in [1.82, 2.24) is 14.7 Å². The lowest BCUT2D eigenvalue weighted by molar-refractivity contribution is -0.143. The first-order chi connectivity index (χ1) is 20.3. The Labute approximate surface area is 249 Å². The van der Waals surface area contributed by atoms with Crippen LogP contribution in [0.4, 0.5) is 18.9 Å². The van der Waals surface area contributed by atoms with Crippen LogP contribution < -0.4 is 4.90 Å². The first kappa shape index (κ1) is 31.9. The Morgan fingerprint density at radius 2 is 1.70 bits per heavy atom. The molecule has 0 aliphatic carbocycles. The van der Waals surface area contributed by atoms with Gasteiger partial charge in [0.1, 0.15) is 5.92 Å². The van der Waals surface area contributed by atoms with Gasteiger partial charge in [-0.05, 0) is 83.3 Å². The van der Waals surface area contributed by atoms with Crippen molar-refractivity contribution in [2.75, 3.05) is 58.3 Å². The summed E-state index contributed by atoms with van der Waals surface area (Å²) in [6.45, 7) is 6.64. The van der Waals surface area contributed by atoms with Crippen LogP contribution in [0.15, 0.2) is 59.8 Å². The van der Waals surface area contributed by atoms with Gasteiger partial charge in [-0.2, -0.15) is 18.4 Å². The lowest BCUT2D eigenvalue weighted by Crippen LogP contribution is -2.56. The summed E-state index contributed by atoms with van der Waals surface area (Å²) < 4.78 is 40.8. The van der Waals surface area contributed by atoms with Gasteiger partial charge in [0.15, 0.2) is 5.78 Å². The van der Waals surface area contributed by atoms with Gasteiger partial charge in [-0.25, -0.2) is 0 Å². The van der Waals surface area contributed by atoms with Crippen LogP contribution in [0.2, 0.25) is 0 Å². The smallest absolute Gasteiger partial charge is 0.339 e.